The highest BCUT2D eigenvalue weighted by Crippen LogP contribution is 2.54. The largest absolute Gasteiger partial charge is 0.295 e. The smallest absolute Gasteiger partial charge is 0.0240 e. The summed E-state index contributed by atoms with van der Waals surface area (Å²) in [5, 5.41) is 0. The van der Waals surface area contributed by atoms with Crippen molar-refractivity contribution in [2.24, 2.45) is 11.8 Å². The molecule has 2 saturated carbocycles. The number of unbranched alkanes of at least 4 members (excludes halogenated alkanes) is 2. The molecule has 3 aliphatic rings. The molecule has 2 unspecified atom stereocenters. The minimum absolute atomic E-state index is 0.421. The Morgan fingerprint density at radius 1 is 0.929 bits per heavy atom. The van der Waals surface area contributed by atoms with Crippen LogP contribution in [0.3, 0.4) is 0 Å². The number of nitrogens with zero attached hydrogens (tertiary/aromatic N) is 1. The molecule has 1 aromatic rings. The Kier molecular flexibility index (Phi) is 6.81. The van der Waals surface area contributed by atoms with Gasteiger partial charge in [0, 0.05) is 24.5 Å². The second-order valence-electron chi connectivity index (χ2n) is 10.1. The van der Waals surface area contributed by atoms with E-state index >= 15 is 0 Å². The fourth-order valence-corrected chi connectivity index (χ4v) is 6.94. The van der Waals surface area contributed by atoms with Crippen molar-refractivity contribution in [1.29, 1.82) is 0 Å². The van der Waals surface area contributed by atoms with Crippen molar-refractivity contribution in [3.8, 4) is 0 Å². The first kappa shape index (κ1) is 20.5. The van der Waals surface area contributed by atoms with Gasteiger partial charge in [-0.2, -0.15) is 0 Å². The first-order valence-electron chi connectivity index (χ1n) is 12.6. The van der Waals surface area contributed by atoms with Gasteiger partial charge >= 0.3 is 0 Å². The number of benzene rings is 1. The molecule has 0 bridgehead atoms. The monoisotopic (exact) mass is 381 g/mol. The lowest BCUT2D eigenvalue weighted by molar-refractivity contribution is 0.0195. The third-order valence-electron chi connectivity index (χ3n) is 8.55. The molecule has 2 atom stereocenters. The van der Waals surface area contributed by atoms with E-state index in [4.69, 9.17) is 0 Å². The molecule has 0 N–H and O–H groups in total. The summed E-state index contributed by atoms with van der Waals surface area (Å²) >= 11 is 0. The van der Waals surface area contributed by atoms with Crippen LogP contribution in [0.2, 0.25) is 0 Å². The number of hydrogen-bond acceptors (Lipinski definition) is 1. The lowest BCUT2D eigenvalue weighted by Crippen LogP contribution is -2.57. The van der Waals surface area contributed by atoms with Crippen LogP contribution < -0.4 is 0 Å². The molecule has 28 heavy (non-hydrogen) atoms. The summed E-state index contributed by atoms with van der Waals surface area (Å²) in [5.74, 6) is 1.78. The maximum Gasteiger partial charge on any atom is 0.0240 e. The van der Waals surface area contributed by atoms with E-state index in [1.165, 1.54) is 96.6 Å². The molecule has 0 radical (unpaired) electrons. The Morgan fingerprint density at radius 2 is 1.71 bits per heavy atom. The van der Waals surface area contributed by atoms with Crippen LogP contribution in [-0.2, 0) is 12.0 Å². The molecule has 1 aromatic carbocycles. The molecule has 2 aliphatic carbocycles. The molecule has 0 amide bonds. The SMILES string of the molecule is CCCCCC(CCC)C1(C2CCCC2)CN(C2CCC2)Cc2ccccc21. The molecular weight excluding hydrogens is 338 g/mol. The first-order chi connectivity index (χ1) is 13.8. The Morgan fingerprint density at radius 3 is 2.39 bits per heavy atom. The van der Waals surface area contributed by atoms with Gasteiger partial charge < -0.3 is 0 Å². The van der Waals surface area contributed by atoms with Gasteiger partial charge in [-0.25, -0.2) is 0 Å². The Bertz CT molecular complexity index is 612. The first-order valence-corrected chi connectivity index (χ1v) is 12.6. The van der Waals surface area contributed by atoms with E-state index in [-0.39, 0.29) is 0 Å². The van der Waals surface area contributed by atoms with E-state index in [1.807, 2.05) is 0 Å². The highest BCUT2D eigenvalue weighted by molar-refractivity contribution is 5.39. The predicted octanol–water partition coefficient (Wildman–Crippen LogP) is 7.48. The normalized spacial score (nSPS) is 27.5. The van der Waals surface area contributed by atoms with Gasteiger partial charge in [-0.3, -0.25) is 4.90 Å². The van der Waals surface area contributed by atoms with Crippen LogP contribution in [0.4, 0.5) is 0 Å². The highest BCUT2D eigenvalue weighted by atomic mass is 15.2. The second kappa shape index (κ2) is 9.33. The van der Waals surface area contributed by atoms with Crippen molar-refractivity contribution in [3.05, 3.63) is 35.4 Å². The van der Waals surface area contributed by atoms with Gasteiger partial charge in [-0.1, -0.05) is 83.1 Å². The van der Waals surface area contributed by atoms with Crippen molar-refractivity contribution in [3.63, 3.8) is 0 Å². The summed E-state index contributed by atoms with van der Waals surface area (Å²) in [5.41, 5.74) is 3.86. The Hall–Kier alpha value is -0.820. The minimum atomic E-state index is 0.421. The van der Waals surface area contributed by atoms with Crippen LogP contribution in [0, 0.1) is 11.8 Å². The van der Waals surface area contributed by atoms with E-state index in [0.29, 0.717) is 5.41 Å². The maximum absolute atomic E-state index is 2.94. The van der Waals surface area contributed by atoms with Crippen LogP contribution in [0.1, 0.15) is 108 Å². The fraction of sp³-hybridized carbons (Fsp3) is 0.778. The molecule has 0 aromatic heterocycles. The van der Waals surface area contributed by atoms with Gasteiger partial charge in [-0.05, 0) is 61.5 Å². The van der Waals surface area contributed by atoms with Gasteiger partial charge in [0.2, 0.25) is 0 Å². The maximum atomic E-state index is 2.94. The lowest BCUT2D eigenvalue weighted by Gasteiger charge is -2.55. The molecule has 2 fully saturated rings. The summed E-state index contributed by atoms with van der Waals surface area (Å²) < 4.78 is 0. The molecule has 1 aliphatic heterocycles. The molecule has 156 valence electrons. The van der Waals surface area contributed by atoms with Crippen LogP contribution in [0.15, 0.2) is 24.3 Å². The number of fused-ring (bicyclic) bond motifs is 1. The molecule has 0 spiro atoms. The Labute approximate surface area is 174 Å². The van der Waals surface area contributed by atoms with E-state index in [2.05, 4.69) is 43.0 Å². The molecule has 4 rings (SSSR count). The zero-order valence-electron chi connectivity index (χ0n) is 18.6. The van der Waals surface area contributed by atoms with Crippen LogP contribution in [-0.4, -0.2) is 17.5 Å². The molecule has 1 heterocycles. The van der Waals surface area contributed by atoms with E-state index in [9.17, 15) is 0 Å². The van der Waals surface area contributed by atoms with Crippen molar-refractivity contribution in [1.82, 2.24) is 4.90 Å². The fourth-order valence-electron chi connectivity index (χ4n) is 6.94. The second-order valence-corrected chi connectivity index (χ2v) is 10.1. The van der Waals surface area contributed by atoms with E-state index in [1.54, 1.807) is 11.1 Å². The number of rotatable bonds is 9. The third-order valence-corrected chi connectivity index (χ3v) is 8.55. The van der Waals surface area contributed by atoms with Crippen molar-refractivity contribution < 1.29 is 0 Å². The van der Waals surface area contributed by atoms with E-state index < -0.39 is 0 Å². The minimum Gasteiger partial charge on any atom is -0.295 e. The van der Waals surface area contributed by atoms with Gasteiger partial charge in [0.1, 0.15) is 0 Å². The van der Waals surface area contributed by atoms with Gasteiger partial charge in [0.05, 0.1) is 0 Å². The average Bonchev–Trinajstić information content (AvgIpc) is 3.21. The summed E-state index contributed by atoms with van der Waals surface area (Å²) in [6, 6.07) is 10.5. The van der Waals surface area contributed by atoms with Crippen LogP contribution in [0.25, 0.3) is 0 Å². The van der Waals surface area contributed by atoms with Gasteiger partial charge in [-0.15, -0.1) is 0 Å². The lowest BCUT2D eigenvalue weighted by atomic mass is 9.56. The average molecular weight is 382 g/mol. The van der Waals surface area contributed by atoms with Gasteiger partial charge in [0.25, 0.3) is 0 Å². The highest BCUT2D eigenvalue weighted by Gasteiger charge is 2.51. The topological polar surface area (TPSA) is 3.24 Å². The van der Waals surface area contributed by atoms with Crippen LogP contribution in [0.5, 0.6) is 0 Å². The third kappa shape index (κ3) is 3.81. The molecule has 1 nitrogen and oxygen atoms in total. The summed E-state index contributed by atoms with van der Waals surface area (Å²) in [6.07, 6.45) is 18.6. The molecular formula is C27H43N. The molecule has 1 heteroatoms. The molecule has 0 saturated heterocycles. The Balaban J connectivity index is 1.75. The zero-order chi connectivity index (χ0) is 19.4. The quantitative estimate of drug-likeness (QED) is 0.401. The summed E-state index contributed by atoms with van der Waals surface area (Å²) in [4.78, 5) is 2.94. The summed E-state index contributed by atoms with van der Waals surface area (Å²) in [7, 11) is 0. The predicted molar refractivity (Wildman–Crippen MR) is 121 cm³/mol. The standard InChI is InChI=1S/C27H43N/c1-3-5-6-14-23(12-4-2)27(24-15-8-9-16-24)21-28(25-17-11-18-25)20-22-13-7-10-19-26(22)27/h7,10,13,19,23-25H,3-6,8-9,11-12,14-18,20-21H2,1-2H3. The van der Waals surface area contributed by atoms with Crippen molar-refractivity contribution in [2.45, 2.75) is 115 Å². The van der Waals surface area contributed by atoms with Crippen molar-refractivity contribution in [2.75, 3.05) is 6.54 Å². The van der Waals surface area contributed by atoms with Gasteiger partial charge in [0.15, 0.2) is 0 Å². The van der Waals surface area contributed by atoms with E-state index in [0.717, 1.165) is 17.9 Å². The van der Waals surface area contributed by atoms with Crippen LogP contribution >= 0.6 is 0 Å². The zero-order valence-corrected chi connectivity index (χ0v) is 18.6. The number of hydrogen-bond donors (Lipinski definition) is 0. The summed E-state index contributed by atoms with van der Waals surface area (Å²) in [6.45, 7) is 7.35. The van der Waals surface area contributed by atoms with Crippen molar-refractivity contribution >= 4 is 0 Å².